The van der Waals surface area contributed by atoms with Crippen LogP contribution in [0.3, 0.4) is 0 Å². The lowest BCUT2D eigenvalue weighted by atomic mass is 10.2. The van der Waals surface area contributed by atoms with Gasteiger partial charge in [0.05, 0.1) is 5.25 Å². The van der Waals surface area contributed by atoms with E-state index in [1.807, 2.05) is 0 Å². The molecule has 0 bridgehead atoms. The molecule has 0 saturated carbocycles. The van der Waals surface area contributed by atoms with E-state index in [2.05, 4.69) is 20.2 Å². The van der Waals surface area contributed by atoms with E-state index in [1.165, 1.54) is 0 Å². The molecule has 0 radical (unpaired) electrons. The van der Waals surface area contributed by atoms with E-state index in [1.54, 1.807) is 6.92 Å². The highest BCUT2D eigenvalue weighted by Crippen LogP contribution is 2.16. The van der Waals surface area contributed by atoms with Crippen LogP contribution < -0.4 is 10.0 Å². The number of aromatic nitrogens is 2. The summed E-state index contributed by atoms with van der Waals surface area (Å²) in [6.45, 7) is 3.04. The van der Waals surface area contributed by atoms with Gasteiger partial charge in [0.2, 0.25) is 15.9 Å². The lowest BCUT2D eigenvalue weighted by molar-refractivity contribution is 0.495. The number of rotatable bonds is 3. The lowest BCUT2D eigenvalue weighted by Crippen LogP contribution is -2.38. The van der Waals surface area contributed by atoms with Gasteiger partial charge in [0, 0.05) is 6.92 Å². The molecular weight excluding hydrogens is 232 g/mol. The van der Waals surface area contributed by atoms with E-state index in [-0.39, 0.29) is 11.3 Å². The quantitative estimate of drug-likeness (QED) is 0.771. The summed E-state index contributed by atoms with van der Waals surface area (Å²) < 4.78 is 31.1. The van der Waals surface area contributed by atoms with E-state index in [9.17, 15) is 8.42 Å². The average molecular weight is 246 g/mol. The molecule has 1 aromatic rings. The minimum absolute atomic E-state index is 0.0592. The Hall–Kier alpha value is -1.15. The first-order valence-electron chi connectivity index (χ1n) is 5.10. The minimum atomic E-state index is -3.41. The topological polar surface area (TPSA) is 97.1 Å². The summed E-state index contributed by atoms with van der Waals surface area (Å²) in [6, 6.07) is -0.0592. The third-order valence-electron chi connectivity index (χ3n) is 2.48. The monoisotopic (exact) mass is 246 g/mol. The summed E-state index contributed by atoms with van der Waals surface area (Å²) in [7, 11) is -3.41. The number of hydrogen-bond donors (Lipinski definition) is 2. The van der Waals surface area contributed by atoms with Crippen LogP contribution >= 0.6 is 0 Å². The molecule has 1 aromatic heterocycles. The van der Waals surface area contributed by atoms with Gasteiger partial charge in [-0.3, -0.25) is 0 Å². The van der Waals surface area contributed by atoms with Crippen molar-refractivity contribution in [2.75, 3.05) is 17.8 Å². The van der Waals surface area contributed by atoms with Gasteiger partial charge >= 0.3 is 6.01 Å². The summed E-state index contributed by atoms with van der Waals surface area (Å²) in [6.07, 6.45) is 1.20. The van der Waals surface area contributed by atoms with Crippen molar-refractivity contribution in [3.05, 3.63) is 5.89 Å². The molecule has 0 aromatic carbocycles. The predicted octanol–water partition coefficient (Wildman–Crippen LogP) is -0.128. The Bertz CT molecular complexity index is 450. The third kappa shape index (κ3) is 2.50. The molecule has 0 atom stereocenters. The van der Waals surface area contributed by atoms with Crippen molar-refractivity contribution in [2.24, 2.45) is 0 Å². The number of nitrogens with one attached hydrogen (secondary N) is 2. The van der Waals surface area contributed by atoms with Gasteiger partial charge in [-0.15, -0.1) is 5.10 Å². The van der Waals surface area contributed by atoms with Crippen LogP contribution in [0.4, 0.5) is 6.01 Å². The molecule has 90 valence electrons. The van der Waals surface area contributed by atoms with Crippen molar-refractivity contribution in [3.8, 4) is 0 Å². The van der Waals surface area contributed by atoms with E-state index >= 15 is 0 Å². The first-order chi connectivity index (χ1) is 7.58. The first-order valence-corrected chi connectivity index (χ1v) is 6.65. The number of nitrogens with zero attached hydrogens (tertiary/aromatic N) is 2. The van der Waals surface area contributed by atoms with Gasteiger partial charge < -0.3 is 9.73 Å². The largest absolute Gasteiger partial charge is 0.408 e. The molecule has 1 fully saturated rings. The second-order valence-corrected chi connectivity index (χ2v) is 5.68. The fraction of sp³-hybridized carbons (Fsp3) is 0.750. The van der Waals surface area contributed by atoms with Crippen LogP contribution in [0.5, 0.6) is 0 Å². The van der Waals surface area contributed by atoms with Crippen LogP contribution in [0.1, 0.15) is 18.7 Å². The molecule has 8 heteroatoms. The Labute approximate surface area is 93.7 Å². The second-order valence-electron chi connectivity index (χ2n) is 3.72. The number of hydrogen-bond acceptors (Lipinski definition) is 6. The number of piperidine rings is 1. The van der Waals surface area contributed by atoms with Crippen LogP contribution in [-0.4, -0.2) is 37.0 Å². The molecular formula is C8H14N4O3S. The zero-order valence-electron chi connectivity index (χ0n) is 8.93. The van der Waals surface area contributed by atoms with Crippen LogP contribution in [-0.2, 0) is 10.0 Å². The molecule has 1 saturated heterocycles. The van der Waals surface area contributed by atoms with Gasteiger partial charge in [-0.25, -0.2) is 13.1 Å². The van der Waals surface area contributed by atoms with Crippen molar-refractivity contribution in [3.63, 3.8) is 0 Å². The summed E-state index contributed by atoms with van der Waals surface area (Å²) in [4.78, 5) is 0. The highest BCUT2D eigenvalue weighted by atomic mass is 32.2. The summed E-state index contributed by atoms with van der Waals surface area (Å²) >= 11 is 0. The highest BCUT2D eigenvalue weighted by Gasteiger charge is 2.28. The molecule has 7 nitrogen and oxygen atoms in total. The van der Waals surface area contributed by atoms with Crippen molar-refractivity contribution in [1.29, 1.82) is 0 Å². The van der Waals surface area contributed by atoms with E-state index < -0.39 is 10.0 Å². The van der Waals surface area contributed by atoms with E-state index in [0.29, 0.717) is 31.8 Å². The van der Waals surface area contributed by atoms with Gasteiger partial charge in [-0.2, -0.15) is 0 Å². The Kier molecular flexibility index (Phi) is 3.10. The molecule has 0 spiro atoms. The Morgan fingerprint density at radius 1 is 1.38 bits per heavy atom. The van der Waals surface area contributed by atoms with Gasteiger partial charge in [0.15, 0.2) is 0 Å². The molecule has 2 rings (SSSR count). The molecule has 1 aliphatic heterocycles. The molecule has 16 heavy (non-hydrogen) atoms. The Balaban J connectivity index is 2.07. The smallest absolute Gasteiger partial charge is 0.329 e. The Morgan fingerprint density at radius 3 is 2.62 bits per heavy atom. The molecule has 0 unspecified atom stereocenters. The number of sulfonamides is 1. The number of aryl methyl sites for hydroxylation is 1. The maximum Gasteiger partial charge on any atom is 0.329 e. The second kappa shape index (κ2) is 4.38. The standard InChI is InChI=1S/C8H14N4O3S/c1-6-10-11-8(15-6)12-16(13,14)7-2-4-9-5-3-7/h7,9H,2-5H2,1H3,(H,11,12). The lowest BCUT2D eigenvalue weighted by Gasteiger charge is -2.22. The zero-order chi connectivity index (χ0) is 11.6. The van der Waals surface area contributed by atoms with Gasteiger partial charge in [-0.1, -0.05) is 5.10 Å². The fourth-order valence-corrected chi connectivity index (χ4v) is 3.00. The molecule has 1 aliphatic rings. The predicted molar refractivity (Wildman–Crippen MR) is 57.5 cm³/mol. The van der Waals surface area contributed by atoms with Crippen LogP contribution in [0.2, 0.25) is 0 Å². The van der Waals surface area contributed by atoms with E-state index in [4.69, 9.17) is 4.42 Å². The molecule has 0 amide bonds. The van der Waals surface area contributed by atoms with Gasteiger partial charge in [0.25, 0.3) is 0 Å². The minimum Gasteiger partial charge on any atom is -0.408 e. The van der Waals surface area contributed by atoms with Crippen LogP contribution in [0.25, 0.3) is 0 Å². The van der Waals surface area contributed by atoms with Crippen LogP contribution in [0.15, 0.2) is 4.42 Å². The van der Waals surface area contributed by atoms with Crippen molar-refractivity contribution in [2.45, 2.75) is 25.0 Å². The summed E-state index contributed by atoms with van der Waals surface area (Å²) in [5.41, 5.74) is 0. The SMILES string of the molecule is Cc1nnc(NS(=O)(=O)C2CCNCC2)o1. The maximum absolute atomic E-state index is 11.9. The normalized spacial score (nSPS) is 18.6. The highest BCUT2D eigenvalue weighted by molar-refractivity contribution is 7.93. The van der Waals surface area contributed by atoms with Gasteiger partial charge in [-0.05, 0) is 25.9 Å². The van der Waals surface area contributed by atoms with Crippen molar-refractivity contribution < 1.29 is 12.8 Å². The van der Waals surface area contributed by atoms with Gasteiger partial charge in [0.1, 0.15) is 0 Å². The summed E-state index contributed by atoms with van der Waals surface area (Å²) in [5, 5.41) is 9.89. The van der Waals surface area contributed by atoms with Crippen LogP contribution in [0, 0.1) is 6.92 Å². The zero-order valence-corrected chi connectivity index (χ0v) is 9.75. The third-order valence-corrected chi connectivity index (χ3v) is 4.29. The summed E-state index contributed by atoms with van der Waals surface area (Å²) in [5.74, 6) is 0.336. The first kappa shape index (κ1) is 11.3. The van der Waals surface area contributed by atoms with Crippen molar-refractivity contribution >= 4 is 16.0 Å². The van der Waals surface area contributed by atoms with E-state index in [0.717, 1.165) is 0 Å². The molecule has 2 N–H and O–H groups in total. The average Bonchev–Trinajstić information content (AvgIpc) is 2.64. The number of anilines is 1. The van der Waals surface area contributed by atoms with Crippen molar-refractivity contribution in [1.82, 2.24) is 15.5 Å². The molecule has 0 aliphatic carbocycles. The Morgan fingerprint density at radius 2 is 2.06 bits per heavy atom. The fourth-order valence-electron chi connectivity index (χ4n) is 1.65. The molecule has 2 heterocycles. The maximum atomic E-state index is 11.9.